The second kappa shape index (κ2) is 22.0. The van der Waals surface area contributed by atoms with Crippen molar-refractivity contribution in [2.45, 2.75) is 190 Å². The van der Waals surface area contributed by atoms with E-state index in [1.807, 2.05) is 38.5 Å². The first-order valence-electron chi connectivity index (χ1n) is 31.3. The number of rotatable bonds is 12. The summed E-state index contributed by atoms with van der Waals surface area (Å²) in [5.74, 6) is 0.665. The number of hydrogen-bond acceptors (Lipinski definition) is 13. The molecule has 10 N–H and O–H groups in total. The number of ether oxygens (including phenoxy) is 2. The number of aliphatic imine (C=N–C) groups is 1. The standard InChI is InChI=1S/C66H91N9O6/c1-6-73-63-31-24-44(26-35-76)55-51(63)36-49-43(15-11-16-45(49)39-63)14-7-8-27-61(3,37-42-19-21-52(67)72-40-42)38-46-17-12-18-48-54(46)57(78)66(59(79)80-55)65(81-66,56(48)77)32-23-41(2)62(28-9-10-29-62)64(30-13-33-71-60(69-5)75-64)50-25-34-70-58-47(50)20-22-53(68-4)74-58/h11-12,16-19,21,23,25,39-40,43-44,49,51-53,55,68,70,72-74,76H,6-10,13-15,20,22,24,26-38,67H2,1-5H3,(H2,69,71,75). The van der Waals surface area contributed by atoms with E-state index in [1.165, 1.54) is 16.7 Å². The average molecular weight is 1110 g/mol. The van der Waals surface area contributed by atoms with Gasteiger partial charge in [-0.2, -0.15) is 0 Å². The van der Waals surface area contributed by atoms with E-state index in [2.05, 4.69) is 94.4 Å². The number of nitrogens with zero attached hydrogens (tertiary/aromatic N) is 1. The Morgan fingerprint density at radius 1 is 1.00 bits per heavy atom. The fourth-order valence-corrected chi connectivity index (χ4v) is 18.0. The molecular formula is C66H91N9O6. The molecule has 0 amide bonds. The first-order valence-corrected chi connectivity index (χ1v) is 31.3. The van der Waals surface area contributed by atoms with Crippen molar-refractivity contribution in [3.8, 4) is 0 Å². The van der Waals surface area contributed by atoms with Crippen LogP contribution in [0.1, 0.15) is 169 Å². The fraction of sp³-hybridized carbons (Fsp3) is 0.636. The van der Waals surface area contributed by atoms with Gasteiger partial charge in [0.05, 0.1) is 17.9 Å². The molecule has 6 aliphatic heterocycles. The molecule has 5 aliphatic carbocycles. The maximum absolute atomic E-state index is 16.4. The molecule has 2 saturated carbocycles. The number of ketones is 2. The van der Waals surface area contributed by atoms with Gasteiger partial charge in [0.15, 0.2) is 17.3 Å². The Morgan fingerprint density at radius 3 is 2.62 bits per heavy atom. The second-order valence-electron chi connectivity index (χ2n) is 26.4. The summed E-state index contributed by atoms with van der Waals surface area (Å²) >= 11 is 0. The normalized spacial score (nSPS) is 38.5. The number of carbonyl (C=O) groups is 3. The molecule has 2 saturated heterocycles. The molecule has 0 radical (unpaired) electrons. The topological polar surface area (TPSA) is 216 Å². The maximum atomic E-state index is 16.4. The Hall–Kier alpha value is -5.32. The number of esters is 1. The highest BCUT2D eigenvalue weighted by Crippen LogP contribution is 2.63. The number of likely N-dealkylation sites (N-methyl/N-ethyl adjacent to an activating group) is 1. The van der Waals surface area contributed by atoms with Crippen molar-refractivity contribution in [1.29, 1.82) is 0 Å². The Bertz CT molecular complexity index is 2930. The summed E-state index contributed by atoms with van der Waals surface area (Å²) in [5.41, 5.74) is 7.95. The van der Waals surface area contributed by atoms with Crippen LogP contribution in [-0.4, -0.2) is 110 Å². The monoisotopic (exact) mass is 1110 g/mol. The number of benzene rings is 1. The van der Waals surface area contributed by atoms with Crippen molar-refractivity contribution < 1.29 is 29.0 Å². The van der Waals surface area contributed by atoms with Gasteiger partial charge in [0.2, 0.25) is 5.78 Å². The van der Waals surface area contributed by atoms with Crippen LogP contribution in [0.2, 0.25) is 0 Å². The summed E-state index contributed by atoms with van der Waals surface area (Å²) in [6.07, 6.45) is 33.8. The Balaban J connectivity index is 0.989. The average Bonchev–Trinajstić information content (AvgIpc) is 2.45. The molecule has 1 aromatic carbocycles. The zero-order chi connectivity index (χ0) is 56.4. The van der Waals surface area contributed by atoms with Crippen molar-refractivity contribution >= 4 is 23.5 Å². The lowest BCUT2D eigenvalue weighted by atomic mass is 9.56. The Morgan fingerprint density at radius 2 is 1.84 bits per heavy atom. The van der Waals surface area contributed by atoms with Gasteiger partial charge in [0.1, 0.15) is 11.9 Å². The van der Waals surface area contributed by atoms with Gasteiger partial charge in [0, 0.05) is 67.4 Å². The van der Waals surface area contributed by atoms with Gasteiger partial charge in [-0.05, 0) is 174 Å². The summed E-state index contributed by atoms with van der Waals surface area (Å²) < 4.78 is 14.1. The number of Topliss-reactive ketones (excluding diaryl/α,β-unsaturated/α-hetero) is 2. The highest BCUT2D eigenvalue weighted by atomic mass is 16.7. The minimum atomic E-state index is -2.21. The van der Waals surface area contributed by atoms with Crippen LogP contribution in [0.4, 0.5) is 0 Å². The summed E-state index contributed by atoms with van der Waals surface area (Å²) in [4.78, 5) is 53.6. The molecule has 12 atom stereocenters. The molecule has 1 spiro atoms. The number of allylic oxidation sites excluding steroid dienone is 5. The van der Waals surface area contributed by atoms with Crippen LogP contribution in [0.25, 0.3) is 0 Å². The van der Waals surface area contributed by atoms with Crippen LogP contribution in [0.15, 0.2) is 106 Å². The number of nitrogens with one attached hydrogen (secondary N) is 7. The van der Waals surface area contributed by atoms with Crippen LogP contribution in [0.5, 0.6) is 0 Å². The highest BCUT2D eigenvalue weighted by Gasteiger charge is 2.86. The third-order valence-electron chi connectivity index (χ3n) is 22.0. The van der Waals surface area contributed by atoms with Gasteiger partial charge >= 0.3 is 5.97 Å². The van der Waals surface area contributed by atoms with Gasteiger partial charge in [-0.3, -0.25) is 14.6 Å². The maximum Gasteiger partial charge on any atom is 0.350 e. The largest absolute Gasteiger partial charge is 0.459 e. The zero-order valence-corrected chi connectivity index (χ0v) is 48.9. The number of carbonyl (C=O) groups excluding carboxylic acids is 3. The van der Waals surface area contributed by atoms with E-state index in [1.54, 1.807) is 6.07 Å². The van der Waals surface area contributed by atoms with E-state index in [0.717, 1.165) is 151 Å². The quantitative estimate of drug-likeness (QED) is 0.0422. The van der Waals surface area contributed by atoms with E-state index in [4.69, 9.17) is 20.2 Å². The first-order chi connectivity index (χ1) is 39.2. The lowest BCUT2D eigenvalue weighted by molar-refractivity contribution is -0.167. The number of aliphatic hydroxyl groups is 1. The van der Waals surface area contributed by atoms with E-state index >= 15 is 14.4 Å². The predicted molar refractivity (Wildman–Crippen MR) is 317 cm³/mol. The number of hydrogen-bond donors (Lipinski definition) is 9. The van der Waals surface area contributed by atoms with Crippen LogP contribution in [0, 0.1) is 34.5 Å². The van der Waals surface area contributed by atoms with Gasteiger partial charge in [-0.15, -0.1) is 0 Å². The smallest absolute Gasteiger partial charge is 0.350 e. The molecule has 1 aromatic rings. The lowest BCUT2D eigenvalue weighted by Crippen LogP contribution is -2.63. The van der Waals surface area contributed by atoms with Crippen LogP contribution in [0.3, 0.4) is 0 Å². The number of aliphatic hydroxyl groups excluding tert-OH is 1. The molecule has 12 unspecified atom stereocenters. The first kappa shape index (κ1) is 56.2. The number of dihydropyridines is 2. The lowest BCUT2D eigenvalue weighted by Gasteiger charge is -2.55. The number of nitrogens with two attached hydrogens (primary N) is 1. The molecule has 15 heteroatoms. The molecule has 11 aliphatic rings. The SMILES string of the molecule is CCNC12C=C3C=CCC4CCCCC(C)(CC5=CNC(N)C=C5)Cc5cccc6c5C(=O)C5(OC5(CC=C(C)C5(C7(C8=CCNC9=C8CCC(NC)N9)CCCNC(=NC)N7)CCCC5)C6=O)C(=O)OC(C(CCO)CC1)C2CC34. The van der Waals surface area contributed by atoms with Crippen molar-refractivity contribution in [2.75, 3.05) is 40.3 Å². The number of guanidine groups is 1. The molecule has 6 heterocycles. The predicted octanol–water partition coefficient (Wildman–Crippen LogP) is 7.87. The fourth-order valence-electron chi connectivity index (χ4n) is 18.0. The van der Waals surface area contributed by atoms with Gasteiger partial charge < -0.3 is 57.5 Å². The highest BCUT2D eigenvalue weighted by molar-refractivity contribution is 6.33. The van der Waals surface area contributed by atoms with Gasteiger partial charge in [-0.1, -0.05) is 99.8 Å². The molecule has 12 rings (SSSR count). The van der Waals surface area contributed by atoms with Crippen molar-refractivity contribution in [3.63, 3.8) is 0 Å². The van der Waals surface area contributed by atoms with Crippen molar-refractivity contribution in [3.05, 3.63) is 117 Å². The van der Waals surface area contributed by atoms with Crippen LogP contribution >= 0.6 is 0 Å². The number of epoxide rings is 1. The van der Waals surface area contributed by atoms with Gasteiger partial charge in [-0.25, -0.2) is 4.79 Å². The van der Waals surface area contributed by atoms with Crippen LogP contribution in [-0.2, 0) is 20.7 Å². The van der Waals surface area contributed by atoms with Gasteiger partial charge in [0.25, 0.3) is 5.60 Å². The molecule has 4 fully saturated rings. The minimum absolute atomic E-state index is 0.0257. The van der Waals surface area contributed by atoms with Crippen LogP contribution < -0.4 is 43.0 Å². The molecular weight excluding hydrogens is 1010 g/mol. The summed E-state index contributed by atoms with van der Waals surface area (Å²) in [5, 5.41) is 36.6. The third kappa shape index (κ3) is 9.33. The van der Waals surface area contributed by atoms with E-state index in [9.17, 15) is 5.11 Å². The molecule has 436 valence electrons. The van der Waals surface area contributed by atoms with E-state index in [0.29, 0.717) is 30.9 Å². The van der Waals surface area contributed by atoms with Crippen molar-refractivity contribution in [1.82, 2.24) is 37.2 Å². The third-order valence-corrected chi connectivity index (χ3v) is 22.0. The van der Waals surface area contributed by atoms with E-state index < -0.39 is 45.6 Å². The zero-order valence-electron chi connectivity index (χ0n) is 48.9. The molecule has 15 nitrogen and oxygen atoms in total. The molecule has 4 bridgehead atoms. The Labute approximate surface area is 480 Å². The molecule has 81 heavy (non-hydrogen) atoms. The summed E-state index contributed by atoms with van der Waals surface area (Å²) in [6, 6.07) is 5.69. The summed E-state index contributed by atoms with van der Waals surface area (Å²) in [7, 11) is 3.84. The summed E-state index contributed by atoms with van der Waals surface area (Å²) in [6.45, 7) is 8.81. The minimum Gasteiger partial charge on any atom is -0.459 e. The Kier molecular flexibility index (Phi) is 15.3. The molecule has 0 aromatic heterocycles. The second-order valence-corrected chi connectivity index (χ2v) is 26.4. The van der Waals surface area contributed by atoms with E-state index in [-0.39, 0.29) is 59.9 Å². The van der Waals surface area contributed by atoms with Crippen molar-refractivity contribution in [2.24, 2.45) is 45.2 Å².